The van der Waals surface area contributed by atoms with Crippen LogP contribution in [0.2, 0.25) is 10.0 Å². The highest BCUT2D eigenvalue weighted by molar-refractivity contribution is 6.67. The molecule has 0 aliphatic carbocycles. The van der Waals surface area contributed by atoms with Gasteiger partial charge in [-0.1, -0.05) is 23.2 Å². The molecule has 1 aromatic carbocycles. The summed E-state index contributed by atoms with van der Waals surface area (Å²) in [6.45, 7) is -5.09. The zero-order valence-electron chi connectivity index (χ0n) is 6.70. The van der Waals surface area contributed by atoms with Crippen LogP contribution in [0.15, 0.2) is 18.2 Å². The van der Waals surface area contributed by atoms with E-state index in [0.717, 1.165) is 0 Å². The molecule has 0 fully saturated rings. The second-order valence-corrected chi connectivity index (χ2v) is 3.29. The van der Waals surface area contributed by atoms with Crippen molar-refractivity contribution in [2.75, 3.05) is 0 Å². The molecule has 74 valence electrons. The molecule has 0 amide bonds. The molecule has 0 nitrogen and oxygen atoms in total. The van der Waals surface area contributed by atoms with Gasteiger partial charge in [0.15, 0.2) is 0 Å². The molecule has 0 unspecified atom stereocenters. The van der Waals surface area contributed by atoms with Crippen LogP contribution in [-0.4, -0.2) is 6.98 Å². The molecule has 0 radical (unpaired) electrons. The highest BCUT2D eigenvalue weighted by Crippen LogP contribution is 2.22. The Hall–Kier alpha value is -0.785. The molecule has 1 rings (SSSR count). The lowest BCUT2D eigenvalue weighted by atomic mass is 9.93. The monoisotopic (exact) mass is 237 g/mol. The van der Waals surface area contributed by atoms with E-state index >= 15 is 0 Å². The summed E-state index contributed by atoms with van der Waals surface area (Å²) in [5.41, 5.74) is 0.193. The third kappa shape index (κ3) is 3.53. The van der Waals surface area contributed by atoms with E-state index < -0.39 is 6.98 Å². The van der Waals surface area contributed by atoms with Crippen LogP contribution in [0.3, 0.4) is 0 Å². The van der Waals surface area contributed by atoms with E-state index in [9.17, 15) is 12.9 Å². The van der Waals surface area contributed by atoms with E-state index in [2.05, 4.69) is 0 Å². The van der Waals surface area contributed by atoms with Gasteiger partial charge in [0, 0.05) is 5.56 Å². The van der Waals surface area contributed by atoms with Gasteiger partial charge in [-0.15, -0.1) is 5.92 Å². The summed E-state index contributed by atoms with van der Waals surface area (Å²) in [6, 6.07) is 4.07. The van der Waals surface area contributed by atoms with Crippen molar-refractivity contribution in [2.24, 2.45) is 0 Å². The standard InChI is InChI=1S/C8H3BCl2F3/c10-7-2-1-6(5-8(7)11)3-4-9(12,13)14/h1-2,5H/q-1. The van der Waals surface area contributed by atoms with E-state index in [1.807, 2.05) is 5.92 Å². The summed E-state index contributed by atoms with van der Waals surface area (Å²) in [4.78, 5) is 0. The normalized spacial score (nSPS) is 10.6. The molecule has 6 heteroatoms. The summed E-state index contributed by atoms with van der Waals surface area (Å²) >= 11 is 11.2. The van der Waals surface area contributed by atoms with Crippen LogP contribution in [0.4, 0.5) is 12.9 Å². The van der Waals surface area contributed by atoms with Gasteiger partial charge in [-0.05, 0) is 18.2 Å². The van der Waals surface area contributed by atoms with Crippen LogP contribution >= 0.6 is 23.2 Å². The molecule has 0 atom stereocenters. The van der Waals surface area contributed by atoms with E-state index in [0.29, 0.717) is 0 Å². The van der Waals surface area contributed by atoms with Gasteiger partial charge in [0.1, 0.15) is 0 Å². The molecule has 0 aliphatic heterocycles. The molecule has 14 heavy (non-hydrogen) atoms. The first kappa shape index (κ1) is 11.3. The maximum absolute atomic E-state index is 11.8. The van der Waals surface area contributed by atoms with Crippen molar-refractivity contribution < 1.29 is 12.9 Å². The topological polar surface area (TPSA) is 0 Å². The molecule has 0 saturated heterocycles. The predicted octanol–water partition coefficient (Wildman–Crippen LogP) is 3.73. The van der Waals surface area contributed by atoms with E-state index in [1.54, 1.807) is 0 Å². The summed E-state index contributed by atoms with van der Waals surface area (Å²) in [6.07, 6.45) is 0. The van der Waals surface area contributed by atoms with Crippen molar-refractivity contribution in [1.82, 2.24) is 0 Å². The van der Waals surface area contributed by atoms with Gasteiger partial charge in [0.25, 0.3) is 0 Å². The van der Waals surface area contributed by atoms with Crippen molar-refractivity contribution >= 4 is 30.2 Å². The summed E-state index contributed by atoms with van der Waals surface area (Å²) in [7, 11) is 0. The lowest BCUT2D eigenvalue weighted by Gasteiger charge is -2.02. The molecule has 0 bridgehead atoms. The van der Waals surface area contributed by atoms with Crippen LogP contribution in [0.5, 0.6) is 0 Å². The van der Waals surface area contributed by atoms with E-state index in [-0.39, 0.29) is 15.6 Å². The summed E-state index contributed by atoms with van der Waals surface area (Å²) in [5.74, 6) is 3.16. The molecule has 0 saturated carbocycles. The number of halogens is 5. The fourth-order valence-electron chi connectivity index (χ4n) is 0.739. The first-order valence-corrected chi connectivity index (χ1v) is 4.32. The number of hydrogen-bond donors (Lipinski definition) is 0. The SMILES string of the molecule is F[B-](F)(F)C#Cc1ccc(Cl)c(Cl)c1. The Balaban J connectivity index is 2.98. The van der Waals surface area contributed by atoms with Crippen LogP contribution in [0.1, 0.15) is 5.56 Å². The number of rotatable bonds is 0. The van der Waals surface area contributed by atoms with Crippen LogP contribution in [-0.2, 0) is 0 Å². The first-order valence-electron chi connectivity index (χ1n) is 3.56. The molecule has 0 spiro atoms. The minimum atomic E-state index is -5.09. The van der Waals surface area contributed by atoms with Gasteiger partial charge >= 0.3 is 6.98 Å². The third-order valence-corrected chi connectivity index (χ3v) is 2.04. The fourth-order valence-corrected chi connectivity index (χ4v) is 1.04. The molecule has 0 aromatic heterocycles. The maximum atomic E-state index is 11.8. The second kappa shape index (κ2) is 4.16. The predicted molar refractivity (Wildman–Crippen MR) is 52.4 cm³/mol. The summed E-state index contributed by atoms with van der Waals surface area (Å²) < 4.78 is 35.3. The fraction of sp³-hybridized carbons (Fsp3) is 0. The maximum Gasteiger partial charge on any atom is 0.558 e. The average Bonchev–Trinajstić information content (AvgIpc) is 2.06. The zero-order chi connectivity index (χ0) is 10.8. The van der Waals surface area contributed by atoms with E-state index in [4.69, 9.17) is 23.2 Å². The molecule has 0 heterocycles. The van der Waals surface area contributed by atoms with Crippen LogP contribution < -0.4 is 0 Å². The first-order chi connectivity index (χ1) is 6.38. The number of hydrogen-bond acceptors (Lipinski definition) is 0. The largest absolute Gasteiger partial charge is 0.558 e. The van der Waals surface area contributed by atoms with Gasteiger partial charge in [0.2, 0.25) is 0 Å². The number of benzene rings is 1. The van der Waals surface area contributed by atoms with Gasteiger partial charge in [-0.25, -0.2) is 0 Å². The molecule has 1 aromatic rings. The Bertz CT molecular complexity index is 403. The van der Waals surface area contributed by atoms with Crippen molar-refractivity contribution in [3.63, 3.8) is 0 Å². The highest BCUT2D eigenvalue weighted by atomic mass is 35.5. The lowest BCUT2D eigenvalue weighted by molar-refractivity contribution is 0.504. The van der Waals surface area contributed by atoms with Crippen LogP contribution in [0, 0.1) is 11.7 Å². The minimum absolute atomic E-state index is 0.188. The van der Waals surface area contributed by atoms with Crippen molar-refractivity contribution in [3.05, 3.63) is 33.8 Å². The Morgan fingerprint density at radius 3 is 2.21 bits per heavy atom. The summed E-state index contributed by atoms with van der Waals surface area (Å²) in [5, 5.41) is 0.475. The molecule has 0 aliphatic rings. The molecular weight excluding hydrogens is 235 g/mol. The van der Waals surface area contributed by atoms with E-state index in [1.165, 1.54) is 24.0 Å². The van der Waals surface area contributed by atoms with Gasteiger partial charge in [-0.3, -0.25) is 0 Å². The second-order valence-electron chi connectivity index (χ2n) is 2.47. The van der Waals surface area contributed by atoms with Gasteiger partial charge in [-0.2, -0.15) is 5.82 Å². The quantitative estimate of drug-likeness (QED) is 0.477. The van der Waals surface area contributed by atoms with Gasteiger partial charge in [0.05, 0.1) is 10.0 Å². The lowest BCUT2D eigenvalue weighted by Crippen LogP contribution is -2.10. The minimum Gasteiger partial charge on any atom is -0.438 e. The smallest absolute Gasteiger partial charge is 0.438 e. The average molecular weight is 238 g/mol. The molecular formula is C8H3BCl2F3-. The Morgan fingerprint density at radius 2 is 1.71 bits per heavy atom. The Labute approximate surface area is 89.1 Å². The highest BCUT2D eigenvalue weighted by Gasteiger charge is 2.18. The van der Waals surface area contributed by atoms with Crippen molar-refractivity contribution in [2.45, 2.75) is 0 Å². The zero-order valence-corrected chi connectivity index (χ0v) is 8.21. The Kier molecular flexibility index (Phi) is 3.36. The van der Waals surface area contributed by atoms with Crippen molar-refractivity contribution in [1.29, 1.82) is 0 Å². The van der Waals surface area contributed by atoms with Crippen LogP contribution in [0.25, 0.3) is 0 Å². The van der Waals surface area contributed by atoms with Gasteiger partial charge < -0.3 is 12.9 Å². The molecule has 0 N–H and O–H groups in total. The third-order valence-electron chi connectivity index (χ3n) is 1.30. The Morgan fingerprint density at radius 1 is 1.07 bits per heavy atom. The van der Waals surface area contributed by atoms with Crippen molar-refractivity contribution in [3.8, 4) is 11.7 Å².